The number of hydrogen-bond donors (Lipinski definition) is 2. The van der Waals surface area contributed by atoms with Gasteiger partial charge in [0, 0.05) is 11.1 Å². The van der Waals surface area contributed by atoms with Crippen LogP contribution in [0.25, 0.3) is 0 Å². The fourth-order valence-electron chi connectivity index (χ4n) is 4.23. The Kier molecular flexibility index (Phi) is 29.9. The number of quaternary nitrogens is 2. The number of ether oxygens (including phenoxy) is 4. The summed E-state index contributed by atoms with van der Waals surface area (Å²) in [7, 11) is 4.22. The molecular weight excluding hydrogens is 794 g/mol. The fourth-order valence-corrected chi connectivity index (χ4v) is 6.92. The maximum atomic E-state index is 12.7. The molecule has 0 bridgehead atoms. The van der Waals surface area contributed by atoms with Gasteiger partial charge in [0.15, 0.2) is 0 Å². The van der Waals surface area contributed by atoms with Crippen LogP contribution in [0.5, 0.6) is 0 Å². The van der Waals surface area contributed by atoms with Crippen LogP contribution in [0, 0.1) is 10.8 Å². The lowest BCUT2D eigenvalue weighted by Gasteiger charge is -2.33. The van der Waals surface area contributed by atoms with Crippen LogP contribution in [0.2, 0.25) is 0 Å². The fraction of sp³-hybridized carbons (Fsp3) is 0.800. The minimum absolute atomic E-state index is 0.0332. The molecule has 0 aliphatic rings. The number of carbonyl (C=O) groups excluding carboxylic acids is 4. The van der Waals surface area contributed by atoms with E-state index in [-0.39, 0.29) is 62.7 Å². The van der Waals surface area contributed by atoms with Crippen molar-refractivity contribution in [3.63, 3.8) is 0 Å². The van der Waals surface area contributed by atoms with Gasteiger partial charge in [-0.3, -0.25) is 18.7 Å². The number of hydrogen-bond acceptors (Lipinski definition) is 12. The number of nitrogens with zero attached hydrogens (tertiary/aromatic N) is 2. The average molecular weight is 875 g/mol. The third-order valence-corrected chi connectivity index (χ3v) is 10.8. The zero-order valence-electron chi connectivity index (χ0n) is 38.3. The van der Waals surface area contributed by atoms with Crippen LogP contribution in [0.3, 0.4) is 0 Å². The molecule has 3 unspecified atom stereocenters. The van der Waals surface area contributed by atoms with Crippen molar-refractivity contribution in [2.24, 2.45) is 10.8 Å². The van der Waals surface area contributed by atoms with Crippen molar-refractivity contribution in [2.45, 2.75) is 93.9 Å². The van der Waals surface area contributed by atoms with Crippen LogP contribution >= 0.6 is 15.2 Å². The van der Waals surface area contributed by atoms with Gasteiger partial charge in [-0.15, -0.1) is 0 Å². The molecule has 0 aromatic rings. The minimum Gasteiger partial charge on any atom is -0.465 e. The SMILES string of the molecule is C=C(C)C(=O)OCCCC.C=C(C)C(=O)OCCOP(=O)(O)CC[N+](C)(C)C.CCCCOC(=O)C(C)(C)CC(C)(CC)C(=O)OCCOP(=O)(O)CC[N+](C)(C)C. The van der Waals surface area contributed by atoms with Gasteiger partial charge in [0.1, 0.15) is 13.2 Å². The van der Waals surface area contributed by atoms with Crippen molar-refractivity contribution in [1.82, 2.24) is 0 Å². The van der Waals surface area contributed by atoms with Crippen LogP contribution in [0.1, 0.15) is 93.9 Å². The molecule has 0 aliphatic heterocycles. The van der Waals surface area contributed by atoms with Gasteiger partial charge < -0.3 is 46.7 Å². The van der Waals surface area contributed by atoms with E-state index in [0.29, 0.717) is 47.3 Å². The summed E-state index contributed by atoms with van der Waals surface area (Å²) in [6.45, 7) is 22.8. The molecule has 0 aliphatic carbocycles. The predicted molar refractivity (Wildman–Crippen MR) is 227 cm³/mol. The van der Waals surface area contributed by atoms with Crippen LogP contribution < -0.4 is 0 Å². The Morgan fingerprint density at radius 3 is 1.28 bits per heavy atom. The Balaban J connectivity index is -0.000000907. The lowest BCUT2D eigenvalue weighted by atomic mass is 9.72. The predicted octanol–water partition coefficient (Wildman–Crippen LogP) is 6.53. The monoisotopic (exact) mass is 875 g/mol. The molecule has 58 heavy (non-hydrogen) atoms. The Morgan fingerprint density at radius 1 is 0.586 bits per heavy atom. The summed E-state index contributed by atoms with van der Waals surface area (Å²) in [5, 5.41) is 0. The highest BCUT2D eigenvalue weighted by Crippen LogP contribution is 2.42. The van der Waals surface area contributed by atoms with Gasteiger partial charge in [0.2, 0.25) is 0 Å². The molecule has 0 aromatic carbocycles. The quantitative estimate of drug-likeness (QED) is 0.0225. The lowest BCUT2D eigenvalue weighted by Crippen LogP contribution is -2.39. The standard InChI is InChI=1S/C21H42NO7P.C11H22NO5P.C8H14O2/c1-9-11-13-27-18(23)20(3,4)17-21(5,10-2)19(24)28-14-15-29-30(25,26)16-12-22(6,7)8;1-10(2)11(13)16-7-8-17-18(14,15)9-6-12(3,4)5;1-4-5-6-10-8(9)7(2)3/h9-17H2,1-8H3;1,6-9H2,2-5H3;2,4-6H2,1,3H3/p+2. The van der Waals surface area contributed by atoms with E-state index in [1.165, 1.54) is 6.92 Å². The Hall–Kier alpha value is -2.42. The van der Waals surface area contributed by atoms with Crippen molar-refractivity contribution in [2.75, 3.05) is 107 Å². The second-order valence-corrected chi connectivity index (χ2v) is 21.2. The molecule has 0 spiro atoms. The third kappa shape index (κ3) is 33.4. The molecule has 342 valence electrons. The molecule has 0 radical (unpaired) electrons. The van der Waals surface area contributed by atoms with E-state index in [1.807, 2.05) is 56.1 Å². The van der Waals surface area contributed by atoms with Crippen molar-refractivity contribution in [1.29, 1.82) is 0 Å². The van der Waals surface area contributed by atoms with Crippen LogP contribution in [-0.2, 0) is 56.3 Å². The molecular formula is C40H80N2O14P2+2. The van der Waals surface area contributed by atoms with E-state index in [9.17, 15) is 38.1 Å². The summed E-state index contributed by atoms with van der Waals surface area (Å²) < 4.78 is 54.9. The summed E-state index contributed by atoms with van der Waals surface area (Å²) in [6.07, 6.45) is 4.59. The van der Waals surface area contributed by atoms with Gasteiger partial charge in [0.25, 0.3) is 0 Å². The van der Waals surface area contributed by atoms with Crippen molar-refractivity contribution >= 4 is 39.1 Å². The normalized spacial score (nSPS) is 14.7. The van der Waals surface area contributed by atoms with Gasteiger partial charge >= 0.3 is 39.1 Å². The van der Waals surface area contributed by atoms with E-state index < -0.39 is 38.0 Å². The largest absolute Gasteiger partial charge is 0.465 e. The number of rotatable bonds is 27. The minimum atomic E-state index is -3.72. The first-order chi connectivity index (χ1) is 26.3. The summed E-state index contributed by atoms with van der Waals surface area (Å²) in [6, 6.07) is 0. The second kappa shape index (κ2) is 28.9. The number of unbranched alkanes of at least 4 members (excludes halogenated alkanes) is 2. The first kappa shape index (κ1) is 59.9. The number of carbonyl (C=O) groups is 4. The highest BCUT2D eigenvalue weighted by molar-refractivity contribution is 7.53. The average Bonchev–Trinajstić information content (AvgIpc) is 3.10. The molecule has 0 aromatic heterocycles. The first-order valence-corrected chi connectivity index (χ1v) is 23.4. The number of esters is 4. The molecule has 2 N–H and O–H groups in total. The Morgan fingerprint density at radius 2 is 0.931 bits per heavy atom. The van der Waals surface area contributed by atoms with Crippen LogP contribution in [0.15, 0.2) is 24.3 Å². The molecule has 0 saturated carbocycles. The Labute approximate surface area is 349 Å². The van der Waals surface area contributed by atoms with Gasteiger partial charge in [0.05, 0.1) is 105 Å². The van der Waals surface area contributed by atoms with E-state index in [0.717, 1.165) is 25.7 Å². The smallest absolute Gasteiger partial charge is 0.333 e. The van der Waals surface area contributed by atoms with Crippen molar-refractivity contribution < 1.29 is 75.1 Å². The van der Waals surface area contributed by atoms with Gasteiger partial charge in [-0.1, -0.05) is 46.8 Å². The summed E-state index contributed by atoms with van der Waals surface area (Å²) in [5.74, 6) is -1.60. The Bertz CT molecular complexity index is 1370. The molecule has 16 nitrogen and oxygen atoms in total. The van der Waals surface area contributed by atoms with Crippen LogP contribution in [0.4, 0.5) is 0 Å². The highest BCUT2D eigenvalue weighted by Gasteiger charge is 2.43. The van der Waals surface area contributed by atoms with E-state index >= 15 is 0 Å². The summed E-state index contributed by atoms with van der Waals surface area (Å²) >= 11 is 0. The highest BCUT2D eigenvalue weighted by atomic mass is 31.2. The van der Waals surface area contributed by atoms with Gasteiger partial charge in [-0.2, -0.15) is 0 Å². The van der Waals surface area contributed by atoms with E-state index in [2.05, 4.69) is 20.1 Å². The molecule has 0 rings (SSSR count). The van der Waals surface area contributed by atoms with Gasteiger partial charge in [-0.25, -0.2) is 9.59 Å². The molecule has 0 heterocycles. The maximum absolute atomic E-state index is 12.7. The van der Waals surface area contributed by atoms with Crippen molar-refractivity contribution in [3.8, 4) is 0 Å². The maximum Gasteiger partial charge on any atom is 0.333 e. The molecule has 0 saturated heterocycles. The van der Waals surface area contributed by atoms with E-state index in [1.54, 1.807) is 27.7 Å². The first-order valence-electron chi connectivity index (χ1n) is 19.8. The summed E-state index contributed by atoms with van der Waals surface area (Å²) in [4.78, 5) is 66.2. The van der Waals surface area contributed by atoms with Gasteiger partial charge in [-0.05, 0) is 60.3 Å². The molecule has 18 heteroatoms. The van der Waals surface area contributed by atoms with Crippen LogP contribution in [-0.4, -0.2) is 150 Å². The molecule has 3 atom stereocenters. The molecule has 0 amide bonds. The van der Waals surface area contributed by atoms with Crippen molar-refractivity contribution in [3.05, 3.63) is 24.3 Å². The lowest BCUT2D eigenvalue weighted by molar-refractivity contribution is -0.867. The van der Waals surface area contributed by atoms with E-state index in [4.69, 9.17) is 28.0 Å². The zero-order valence-corrected chi connectivity index (χ0v) is 40.1. The topological polar surface area (TPSA) is 198 Å². The summed E-state index contributed by atoms with van der Waals surface area (Å²) in [5.41, 5.74) is -0.955. The zero-order chi connectivity index (χ0) is 46.0. The second-order valence-electron chi connectivity index (χ2n) is 17.2. The third-order valence-electron chi connectivity index (χ3n) is 8.14. The molecule has 0 fully saturated rings.